The van der Waals surface area contributed by atoms with Gasteiger partial charge in [-0.1, -0.05) is 30.3 Å². The number of ether oxygens (including phenoxy) is 1. The van der Waals surface area contributed by atoms with E-state index in [0.29, 0.717) is 21.8 Å². The SMILES string of the molecule is O=C(Nc1ccccc1C(=O)Nc1ccc(-c2csc(N3CCOCC3)n2)cc1)c1cccs1. The molecule has 0 radical (unpaired) electrons. The molecule has 0 unspecified atom stereocenters. The number of rotatable bonds is 6. The largest absolute Gasteiger partial charge is 0.378 e. The van der Waals surface area contributed by atoms with Gasteiger partial charge in [0.25, 0.3) is 11.8 Å². The first-order valence-electron chi connectivity index (χ1n) is 10.8. The number of thiophene rings is 1. The summed E-state index contributed by atoms with van der Waals surface area (Å²) in [6.45, 7) is 3.16. The molecule has 5 rings (SSSR count). The Kier molecular flexibility index (Phi) is 6.66. The number of hydrogen-bond acceptors (Lipinski definition) is 7. The fraction of sp³-hybridized carbons (Fsp3) is 0.160. The summed E-state index contributed by atoms with van der Waals surface area (Å²) < 4.78 is 5.41. The fourth-order valence-electron chi connectivity index (χ4n) is 3.60. The molecule has 1 aliphatic heterocycles. The summed E-state index contributed by atoms with van der Waals surface area (Å²) in [6, 6.07) is 18.1. The van der Waals surface area contributed by atoms with E-state index in [1.807, 2.05) is 41.1 Å². The second-order valence-corrected chi connectivity index (χ2v) is 9.41. The molecule has 2 aromatic carbocycles. The van der Waals surface area contributed by atoms with E-state index in [1.165, 1.54) is 11.3 Å². The molecule has 1 aliphatic rings. The first-order chi connectivity index (χ1) is 16.7. The highest BCUT2D eigenvalue weighted by Gasteiger charge is 2.17. The molecule has 4 aromatic rings. The number of nitrogens with one attached hydrogen (secondary N) is 2. The first kappa shape index (κ1) is 22.3. The zero-order valence-corrected chi connectivity index (χ0v) is 19.8. The zero-order chi connectivity index (χ0) is 23.3. The minimum atomic E-state index is -0.293. The van der Waals surface area contributed by atoms with Crippen LogP contribution >= 0.6 is 22.7 Å². The summed E-state index contributed by atoms with van der Waals surface area (Å²) in [6.07, 6.45) is 0. The predicted molar refractivity (Wildman–Crippen MR) is 137 cm³/mol. The Balaban J connectivity index is 1.26. The minimum absolute atomic E-state index is 0.237. The summed E-state index contributed by atoms with van der Waals surface area (Å²) in [4.78, 5) is 33.0. The number of amides is 2. The molecule has 9 heteroatoms. The first-order valence-corrected chi connectivity index (χ1v) is 12.6. The molecule has 2 N–H and O–H groups in total. The molecular weight excluding hydrogens is 468 g/mol. The van der Waals surface area contributed by atoms with Crippen molar-refractivity contribution in [3.05, 3.63) is 81.9 Å². The molecule has 0 spiro atoms. The molecule has 2 aromatic heterocycles. The van der Waals surface area contributed by atoms with Gasteiger partial charge in [-0.25, -0.2) is 4.98 Å². The van der Waals surface area contributed by atoms with E-state index in [0.717, 1.165) is 42.7 Å². The lowest BCUT2D eigenvalue weighted by atomic mass is 10.1. The van der Waals surface area contributed by atoms with Gasteiger partial charge in [-0.15, -0.1) is 22.7 Å². The highest BCUT2D eigenvalue weighted by Crippen LogP contribution is 2.29. The molecule has 0 atom stereocenters. The number of nitrogens with zero attached hydrogens (tertiary/aromatic N) is 2. The van der Waals surface area contributed by atoms with Crippen LogP contribution in [0.2, 0.25) is 0 Å². The highest BCUT2D eigenvalue weighted by atomic mass is 32.1. The molecule has 3 heterocycles. The van der Waals surface area contributed by atoms with Gasteiger partial charge >= 0.3 is 0 Å². The zero-order valence-electron chi connectivity index (χ0n) is 18.2. The standard InChI is InChI=1S/C25H22N4O3S2/c30-23(19-4-1-2-5-20(19)27-24(31)22-6-3-15-33-22)26-18-9-7-17(8-10-18)21-16-34-25(28-21)29-11-13-32-14-12-29/h1-10,15-16H,11-14H2,(H,26,30)(H,27,31). The lowest BCUT2D eigenvalue weighted by Crippen LogP contribution is -2.36. The van der Waals surface area contributed by atoms with Gasteiger partial charge in [0.1, 0.15) is 0 Å². The molecule has 34 heavy (non-hydrogen) atoms. The van der Waals surface area contributed by atoms with Gasteiger partial charge in [-0.05, 0) is 35.7 Å². The Labute approximate surface area is 205 Å². The van der Waals surface area contributed by atoms with Crippen LogP contribution in [-0.4, -0.2) is 43.1 Å². The third kappa shape index (κ3) is 5.01. The minimum Gasteiger partial charge on any atom is -0.378 e. The summed E-state index contributed by atoms with van der Waals surface area (Å²) >= 11 is 2.98. The van der Waals surface area contributed by atoms with Crippen molar-refractivity contribution in [2.75, 3.05) is 41.8 Å². The van der Waals surface area contributed by atoms with Crippen LogP contribution in [0, 0.1) is 0 Å². The van der Waals surface area contributed by atoms with E-state index in [1.54, 1.807) is 41.7 Å². The van der Waals surface area contributed by atoms with Gasteiger partial charge in [-0.3, -0.25) is 9.59 Å². The van der Waals surface area contributed by atoms with Crippen LogP contribution in [0.25, 0.3) is 11.3 Å². The lowest BCUT2D eigenvalue weighted by molar-refractivity contribution is 0.102. The average molecular weight is 491 g/mol. The van der Waals surface area contributed by atoms with E-state index in [9.17, 15) is 9.59 Å². The Morgan fingerprint density at radius 3 is 2.44 bits per heavy atom. The molecule has 7 nitrogen and oxygen atoms in total. The van der Waals surface area contributed by atoms with Crippen molar-refractivity contribution >= 4 is 51.0 Å². The fourth-order valence-corrected chi connectivity index (χ4v) is 5.11. The summed E-state index contributed by atoms with van der Waals surface area (Å²) in [5.74, 6) is -0.530. The van der Waals surface area contributed by atoms with Crippen LogP contribution in [0.15, 0.2) is 71.4 Å². The molecule has 0 aliphatic carbocycles. The molecule has 0 saturated carbocycles. The number of para-hydroxylation sites is 1. The highest BCUT2D eigenvalue weighted by molar-refractivity contribution is 7.14. The van der Waals surface area contributed by atoms with Crippen LogP contribution in [0.5, 0.6) is 0 Å². The van der Waals surface area contributed by atoms with Gasteiger partial charge in [0, 0.05) is 29.7 Å². The number of benzene rings is 2. The van der Waals surface area contributed by atoms with Crippen molar-refractivity contribution in [3.8, 4) is 11.3 Å². The molecule has 0 bridgehead atoms. The van der Waals surface area contributed by atoms with Crippen molar-refractivity contribution in [1.82, 2.24) is 4.98 Å². The molecule has 2 amide bonds. The number of aromatic nitrogens is 1. The average Bonchev–Trinajstić information content (AvgIpc) is 3.58. The molecule has 1 fully saturated rings. The third-order valence-corrected chi connectivity index (χ3v) is 7.15. The predicted octanol–water partition coefficient (Wildman–Crippen LogP) is 5.21. The van der Waals surface area contributed by atoms with Crippen LogP contribution in [0.1, 0.15) is 20.0 Å². The van der Waals surface area contributed by atoms with Gasteiger partial charge in [0.2, 0.25) is 0 Å². The van der Waals surface area contributed by atoms with Crippen molar-refractivity contribution in [1.29, 1.82) is 0 Å². The second-order valence-electron chi connectivity index (χ2n) is 7.62. The topological polar surface area (TPSA) is 83.6 Å². The van der Waals surface area contributed by atoms with Crippen molar-refractivity contribution in [2.24, 2.45) is 0 Å². The maximum Gasteiger partial charge on any atom is 0.265 e. The Hall–Kier alpha value is -3.53. The maximum absolute atomic E-state index is 13.0. The van der Waals surface area contributed by atoms with E-state index in [2.05, 4.69) is 15.5 Å². The number of carbonyl (C=O) groups is 2. The van der Waals surface area contributed by atoms with Crippen molar-refractivity contribution in [3.63, 3.8) is 0 Å². The van der Waals surface area contributed by atoms with Crippen LogP contribution in [-0.2, 0) is 4.74 Å². The third-order valence-electron chi connectivity index (χ3n) is 5.38. The Morgan fingerprint density at radius 2 is 1.68 bits per heavy atom. The van der Waals surface area contributed by atoms with E-state index in [4.69, 9.17) is 9.72 Å². The number of thiazole rings is 1. The van der Waals surface area contributed by atoms with E-state index < -0.39 is 0 Å². The second kappa shape index (κ2) is 10.2. The molecule has 1 saturated heterocycles. The Bertz CT molecular complexity index is 1280. The van der Waals surface area contributed by atoms with Crippen LogP contribution in [0.3, 0.4) is 0 Å². The Morgan fingerprint density at radius 1 is 0.882 bits per heavy atom. The number of carbonyl (C=O) groups excluding carboxylic acids is 2. The van der Waals surface area contributed by atoms with E-state index in [-0.39, 0.29) is 11.8 Å². The maximum atomic E-state index is 13.0. The monoisotopic (exact) mass is 490 g/mol. The number of hydrogen-bond donors (Lipinski definition) is 2. The van der Waals surface area contributed by atoms with Gasteiger partial charge in [0.15, 0.2) is 5.13 Å². The smallest absolute Gasteiger partial charge is 0.265 e. The lowest BCUT2D eigenvalue weighted by Gasteiger charge is -2.26. The molecule has 172 valence electrons. The summed E-state index contributed by atoms with van der Waals surface area (Å²) in [5, 5.41) is 10.6. The van der Waals surface area contributed by atoms with Gasteiger partial charge < -0.3 is 20.3 Å². The normalized spacial score (nSPS) is 13.5. The van der Waals surface area contributed by atoms with Crippen LogP contribution < -0.4 is 15.5 Å². The summed E-state index contributed by atoms with van der Waals surface area (Å²) in [5.41, 5.74) is 3.42. The van der Waals surface area contributed by atoms with Gasteiger partial charge in [-0.2, -0.15) is 0 Å². The quantitative estimate of drug-likeness (QED) is 0.388. The summed E-state index contributed by atoms with van der Waals surface area (Å²) in [7, 11) is 0. The van der Waals surface area contributed by atoms with Crippen molar-refractivity contribution in [2.45, 2.75) is 0 Å². The number of anilines is 3. The van der Waals surface area contributed by atoms with Gasteiger partial charge in [0.05, 0.1) is 35.0 Å². The molecular formula is C25H22N4O3S2. The van der Waals surface area contributed by atoms with E-state index >= 15 is 0 Å². The number of morpholine rings is 1. The van der Waals surface area contributed by atoms with Crippen LogP contribution in [0.4, 0.5) is 16.5 Å². The van der Waals surface area contributed by atoms with Crippen molar-refractivity contribution < 1.29 is 14.3 Å².